The molecule has 2 nitrogen and oxygen atoms in total. The Morgan fingerprint density at radius 1 is 1.05 bits per heavy atom. The fraction of sp³-hybridized carbons (Fsp3) is 0.333. The van der Waals surface area contributed by atoms with Crippen LogP contribution in [-0.4, -0.2) is 19.3 Å². The Kier molecular flexibility index (Phi) is 6.22. The van der Waals surface area contributed by atoms with Crippen LogP contribution < -0.4 is 10.1 Å². The molecule has 0 aromatic heterocycles. The van der Waals surface area contributed by atoms with Crippen LogP contribution in [0.5, 0.6) is 5.75 Å². The minimum atomic E-state index is -0.796. The first-order valence-corrected chi connectivity index (χ1v) is 7.44. The van der Waals surface area contributed by atoms with Crippen molar-refractivity contribution in [1.82, 2.24) is 5.32 Å². The van der Waals surface area contributed by atoms with E-state index in [0.717, 1.165) is 29.8 Å². The van der Waals surface area contributed by atoms with Crippen molar-refractivity contribution in [2.24, 2.45) is 0 Å². The molecule has 4 heteroatoms. The summed E-state index contributed by atoms with van der Waals surface area (Å²) in [7, 11) is 0. The lowest BCUT2D eigenvalue weighted by atomic mass is 9.89. The van der Waals surface area contributed by atoms with Crippen LogP contribution in [0.15, 0.2) is 54.6 Å². The van der Waals surface area contributed by atoms with E-state index in [1.54, 1.807) is 0 Å². The lowest BCUT2D eigenvalue weighted by Gasteiger charge is -2.27. The van der Waals surface area contributed by atoms with Crippen molar-refractivity contribution in [3.8, 4) is 5.75 Å². The quantitative estimate of drug-likeness (QED) is 0.915. The Morgan fingerprint density at radius 2 is 1.77 bits per heavy atom. The summed E-state index contributed by atoms with van der Waals surface area (Å²) in [4.78, 5) is 0. The Labute approximate surface area is 137 Å². The van der Waals surface area contributed by atoms with Gasteiger partial charge in [0.15, 0.2) is 0 Å². The molecule has 0 unspecified atom stereocenters. The number of benzene rings is 2. The van der Waals surface area contributed by atoms with Crippen molar-refractivity contribution >= 4 is 12.4 Å². The molecule has 2 atom stereocenters. The van der Waals surface area contributed by atoms with E-state index in [4.69, 9.17) is 4.74 Å². The molecular weight excluding hydrogens is 301 g/mol. The second-order valence-electron chi connectivity index (χ2n) is 5.46. The first kappa shape index (κ1) is 16.8. The van der Waals surface area contributed by atoms with Gasteiger partial charge in [-0.15, -0.1) is 12.4 Å². The summed E-state index contributed by atoms with van der Waals surface area (Å²) in [5.41, 5.74) is 2.21. The number of rotatable bonds is 4. The van der Waals surface area contributed by atoms with Crippen molar-refractivity contribution in [3.63, 3.8) is 0 Å². The number of halogens is 2. The van der Waals surface area contributed by atoms with Crippen molar-refractivity contribution in [3.05, 3.63) is 65.7 Å². The van der Waals surface area contributed by atoms with Crippen molar-refractivity contribution in [2.75, 3.05) is 13.1 Å². The van der Waals surface area contributed by atoms with Gasteiger partial charge in [-0.3, -0.25) is 0 Å². The van der Waals surface area contributed by atoms with E-state index in [2.05, 4.69) is 5.32 Å². The number of piperidine rings is 1. The zero-order valence-electron chi connectivity index (χ0n) is 12.4. The van der Waals surface area contributed by atoms with Crippen molar-refractivity contribution in [2.45, 2.75) is 25.1 Å². The summed E-state index contributed by atoms with van der Waals surface area (Å²) in [6.07, 6.45) is 0.0561. The summed E-state index contributed by atoms with van der Waals surface area (Å²) in [5, 5.41) is 3.08. The smallest absolute Gasteiger partial charge is 0.119 e. The SMILES string of the molecule is Cl.F[C@@H]1CNCC[C@H]1c1ccc(OCc2ccccc2)cc1. The predicted octanol–water partition coefficient (Wildman–Crippen LogP) is 4.10. The van der Waals surface area contributed by atoms with Gasteiger partial charge in [0, 0.05) is 12.5 Å². The lowest BCUT2D eigenvalue weighted by Crippen LogP contribution is -2.36. The molecule has 0 amide bonds. The van der Waals surface area contributed by atoms with Crippen LogP contribution in [0.1, 0.15) is 23.5 Å². The fourth-order valence-corrected chi connectivity index (χ4v) is 2.75. The number of alkyl halides is 1. The zero-order chi connectivity index (χ0) is 14.5. The third kappa shape index (κ3) is 4.21. The van der Waals surface area contributed by atoms with E-state index in [9.17, 15) is 4.39 Å². The number of hydrogen-bond acceptors (Lipinski definition) is 2. The molecule has 0 saturated carbocycles. The van der Waals surface area contributed by atoms with E-state index in [1.807, 2.05) is 54.6 Å². The second-order valence-corrected chi connectivity index (χ2v) is 5.46. The number of hydrogen-bond donors (Lipinski definition) is 1. The standard InChI is InChI=1S/C18H20FNO.ClH/c19-18-12-20-11-10-17(18)15-6-8-16(9-7-15)21-13-14-4-2-1-3-5-14;/h1-9,17-18,20H,10-13H2;1H/t17-,18+;/m0./s1. The normalized spacial score (nSPS) is 21.0. The molecule has 1 aliphatic rings. The van der Waals surface area contributed by atoms with E-state index >= 15 is 0 Å². The molecule has 0 bridgehead atoms. The maximum Gasteiger partial charge on any atom is 0.119 e. The first-order valence-electron chi connectivity index (χ1n) is 7.44. The van der Waals surface area contributed by atoms with Crippen LogP contribution in [0.3, 0.4) is 0 Å². The molecule has 118 valence electrons. The van der Waals surface area contributed by atoms with Gasteiger partial charge < -0.3 is 10.1 Å². The van der Waals surface area contributed by atoms with Gasteiger partial charge in [-0.1, -0.05) is 42.5 Å². The number of ether oxygens (including phenoxy) is 1. The average Bonchev–Trinajstić information content (AvgIpc) is 2.55. The van der Waals surface area contributed by atoms with Gasteiger partial charge in [-0.2, -0.15) is 0 Å². The summed E-state index contributed by atoms with van der Waals surface area (Å²) >= 11 is 0. The van der Waals surface area contributed by atoms with Gasteiger partial charge in [0.05, 0.1) is 0 Å². The summed E-state index contributed by atoms with van der Waals surface area (Å²) in [5.74, 6) is 0.835. The molecule has 1 heterocycles. The van der Waals surface area contributed by atoms with Gasteiger partial charge >= 0.3 is 0 Å². The first-order chi connectivity index (χ1) is 10.3. The molecule has 2 aromatic carbocycles. The molecule has 3 rings (SSSR count). The molecule has 2 aromatic rings. The molecule has 0 radical (unpaired) electrons. The van der Waals surface area contributed by atoms with Crippen molar-refractivity contribution < 1.29 is 9.13 Å². The van der Waals surface area contributed by atoms with Crippen LogP contribution in [-0.2, 0) is 6.61 Å². The van der Waals surface area contributed by atoms with Crippen LogP contribution in [0.25, 0.3) is 0 Å². The Hall–Kier alpha value is -1.58. The molecule has 1 aliphatic heterocycles. The van der Waals surface area contributed by atoms with Gasteiger partial charge in [-0.25, -0.2) is 4.39 Å². The summed E-state index contributed by atoms with van der Waals surface area (Å²) in [6, 6.07) is 17.9. The van der Waals surface area contributed by atoms with Gasteiger partial charge in [0.2, 0.25) is 0 Å². The lowest BCUT2D eigenvalue weighted by molar-refractivity contribution is 0.231. The van der Waals surface area contributed by atoms with Crippen LogP contribution in [0.4, 0.5) is 4.39 Å². The third-order valence-electron chi connectivity index (χ3n) is 3.96. The highest BCUT2D eigenvalue weighted by atomic mass is 35.5. The molecule has 1 N–H and O–H groups in total. The minimum Gasteiger partial charge on any atom is -0.489 e. The van der Waals surface area contributed by atoms with Crippen LogP contribution in [0.2, 0.25) is 0 Å². The van der Waals surface area contributed by atoms with Crippen molar-refractivity contribution in [1.29, 1.82) is 0 Å². The minimum absolute atomic E-state index is 0. The van der Waals surface area contributed by atoms with Gasteiger partial charge in [0.25, 0.3) is 0 Å². The highest BCUT2D eigenvalue weighted by molar-refractivity contribution is 5.85. The van der Waals surface area contributed by atoms with Gasteiger partial charge in [0.1, 0.15) is 18.5 Å². The van der Waals surface area contributed by atoms with E-state index < -0.39 is 6.17 Å². The topological polar surface area (TPSA) is 21.3 Å². The van der Waals surface area contributed by atoms with Gasteiger partial charge in [-0.05, 0) is 36.2 Å². The average molecular weight is 322 g/mol. The van der Waals surface area contributed by atoms with E-state index in [1.165, 1.54) is 0 Å². The maximum absolute atomic E-state index is 13.9. The zero-order valence-corrected chi connectivity index (χ0v) is 13.2. The number of nitrogens with one attached hydrogen (secondary N) is 1. The molecule has 1 fully saturated rings. The summed E-state index contributed by atoms with van der Waals surface area (Å²) < 4.78 is 19.7. The largest absolute Gasteiger partial charge is 0.489 e. The monoisotopic (exact) mass is 321 g/mol. The Balaban J connectivity index is 0.00000176. The molecule has 0 spiro atoms. The maximum atomic E-state index is 13.9. The van der Waals surface area contributed by atoms with E-state index in [0.29, 0.717) is 13.2 Å². The highest BCUT2D eigenvalue weighted by Gasteiger charge is 2.25. The van der Waals surface area contributed by atoms with Crippen LogP contribution in [0, 0.1) is 0 Å². The highest BCUT2D eigenvalue weighted by Crippen LogP contribution is 2.29. The molecular formula is C18H21ClFNO. The fourth-order valence-electron chi connectivity index (χ4n) is 2.75. The summed E-state index contributed by atoms with van der Waals surface area (Å²) in [6.45, 7) is 1.90. The predicted molar refractivity (Wildman–Crippen MR) is 89.6 cm³/mol. The molecule has 0 aliphatic carbocycles. The van der Waals surface area contributed by atoms with Crippen LogP contribution >= 0.6 is 12.4 Å². The molecule has 22 heavy (non-hydrogen) atoms. The van der Waals surface area contributed by atoms with E-state index in [-0.39, 0.29) is 18.3 Å². The second kappa shape index (κ2) is 8.16. The Bertz CT molecular complexity index is 561. The molecule has 1 saturated heterocycles. The Morgan fingerprint density at radius 3 is 2.45 bits per heavy atom. The third-order valence-corrected chi connectivity index (χ3v) is 3.96.